The van der Waals surface area contributed by atoms with Crippen molar-refractivity contribution in [1.82, 2.24) is 26.6 Å². The molecule has 6 N–H and O–H groups in total. The minimum Gasteiger partial charge on any atom is -0.479 e. The number of hydrogen-bond donors (Lipinski definition) is 6. The van der Waals surface area contributed by atoms with Gasteiger partial charge in [0.05, 0.1) is 19.2 Å². The minimum atomic E-state index is -1.36. The first-order chi connectivity index (χ1) is 22.7. The van der Waals surface area contributed by atoms with E-state index in [9.17, 15) is 38.7 Å². The number of alkyl carbamates (subject to hydrolysis) is 1. The summed E-state index contributed by atoms with van der Waals surface area (Å²) in [5.41, 5.74) is 0.325. The van der Waals surface area contributed by atoms with E-state index >= 15 is 0 Å². The van der Waals surface area contributed by atoms with Gasteiger partial charge in [-0.25, -0.2) is 9.59 Å². The summed E-state index contributed by atoms with van der Waals surface area (Å²) in [6.07, 6.45) is 3.31. The number of carboxylic acids is 1. The number of ketones is 1. The molecular formula is C34H51N5O9. The smallest absolute Gasteiger partial charge is 0.407 e. The molecule has 14 heteroatoms. The summed E-state index contributed by atoms with van der Waals surface area (Å²) < 4.78 is 5.24. The first kappa shape index (κ1) is 39.7. The number of rotatable bonds is 19. The van der Waals surface area contributed by atoms with Crippen LogP contribution in [0.5, 0.6) is 0 Å². The average molecular weight is 674 g/mol. The van der Waals surface area contributed by atoms with Crippen molar-refractivity contribution in [2.45, 2.75) is 104 Å². The maximum absolute atomic E-state index is 13.5. The SMILES string of the molecule is CCC[C@@H](NC(=O)[C@H](CC(C)C)NC(=O)[C@@H](NC(=O)OCC(C)C)C1CCCC1)C(=O)C(=O)NCC(=O)N[C@H](C(=O)O)c1ccccc1. The molecule has 266 valence electrons. The molecule has 1 aliphatic carbocycles. The normalized spacial score (nSPS) is 15.5. The molecule has 2 rings (SSSR count). The summed E-state index contributed by atoms with van der Waals surface area (Å²) in [7, 11) is 0. The fourth-order valence-corrected chi connectivity index (χ4v) is 5.44. The lowest BCUT2D eigenvalue weighted by Crippen LogP contribution is -2.58. The molecule has 0 heterocycles. The van der Waals surface area contributed by atoms with Crippen molar-refractivity contribution in [3.63, 3.8) is 0 Å². The summed E-state index contributed by atoms with van der Waals surface area (Å²) in [6, 6.07) is 3.40. The van der Waals surface area contributed by atoms with Crippen molar-refractivity contribution in [2.24, 2.45) is 17.8 Å². The van der Waals surface area contributed by atoms with Crippen LogP contribution < -0.4 is 26.6 Å². The minimum absolute atomic E-state index is 0.0393. The third kappa shape index (κ3) is 13.3. The van der Waals surface area contributed by atoms with Crippen LogP contribution in [0.25, 0.3) is 0 Å². The van der Waals surface area contributed by atoms with Gasteiger partial charge in [-0.2, -0.15) is 0 Å². The van der Waals surface area contributed by atoms with Crippen LogP contribution in [-0.4, -0.2) is 77.9 Å². The first-order valence-corrected chi connectivity index (χ1v) is 16.7. The Kier molecular flexibility index (Phi) is 16.5. The molecule has 48 heavy (non-hydrogen) atoms. The van der Waals surface area contributed by atoms with Crippen LogP contribution in [0, 0.1) is 17.8 Å². The maximum atomic E-state index is 13.5. The monoisotopic (exact) mass is 673 g/mol. The number of Topliss-reactive ketones (excluding diaryl/α,β-unsaturated/α-hetero) is 1. The topological polar surface area (TPSA) is 209 Å². The van der Waals surface area contributed by atoms with Gasteiger partial charge in [0.15, 0.2) is 6.04 Å². The number of carbonyl (C=O) groups is 7. The van der Waals surface area contributed by atoms with Gasteiger partial charge >= 0.3 is 12.1 Å². The lowest BCUT2D eigenvalue weighted by Gasteiger charge is -2.28. The third-order valence-corrected chi connectivity index (χ3v) is 7.84. The van der Waals surface area contributed by atoms with Crippen molar-refractivity contribution in [3.8, 4) is 0 Å². The zero-order valence-corrected chi connectivity index (χ0v) is 28.5. The molecule has 1 aromatic carbocycles. The molecule has 1 fully saturated rings. The molecule has 1 aliphatic rings. The predicted molar refractivity (Wildman–Crippen MR) is 176 cm³/mol. The highest BCUT2D eigenvalue weighted by Gasteiger charge is 2.36. The molecule has 1 aromatic rings. The number of amides is 5. The second-order valence-electron chi connectivity index (χ2n) is 13.0. The standard InChI is InChI=1S/C34H51N5O9/c1-6-12-24(29(41)32(44)35-18-26(40)38-28(33(45)46)23-13-8-7-9-14-23)36-30(42)25(17-20(2)3)37-31(43)27(22-15-10-11-16-22)39-34(47)48-19-21(4)5/h7-9,13-14,20-22,24-25,27-28H,6,10-12,15-19H2,1-5H3,(H,35,44)(H,36,42)(H,37,43)(H,38,40)(H,39,47)(H,45,46)/t24-,25+,27+,28+/m1/s1. The first-order valence-electron chi connectivity index (χ1n) is 16.7. The van der Waals surface area contributed by atoms with E-state index in [0.29, 0.717) is 12.0 Å². The maximum Gasteiger partial charge on any atom is 0.407 e. The van der Waals surface area contributed by atoms with Crippen LogP contribution in [0.4, 0.5) is 4.79 Å². The Morgan fingerprint density at radius 2 is 1.46 bits per heavy atom. The predicted octanol–water partition coefficient (Wildman–Crippen LogP) is 2.37. The lowest BCUT2D eigenvalue weighted by molar-refractivity contribution is -0.142. The number of carboxylic acid groups (broad SMARTS) is 1. The van der Waals surface area contributed by atoms with E-state index in [0.717, 1.165) is 25.7 Å². The quantitative estimate of drug-likeness (QED) is 0.119. The Morgan fingerprint density at radius 1 is 0.833 bits per heavy atom. The van der Waals surface area contributed by atoms with Gasteiger partial charge in [-0.3, -0.25) is 24.0 Å². The van der Waals surface area contributed by atoms with Gasteiger partial charge < -0.3 is 36.4 Å². The highest BCUT2D eigenvalue weighted by atomic mass is 16.5. The van der Waals surface area contributed by atoms with Crippen molar-refractivity contribution < 1.29 is 43.4 Å². The van der Waals surface area contributed by atoms with E-state index in [-0.39, 0.29) is 37.2 Å². The zero-order valence-electron chi connectivity index (χ0n) is 28.5. The summed E-state index contributed by atoms with van der Waals surface area (Å²) in [4.78, 5) is 89.6. The Bertz CT molecular complexity index is 1260. The van der Waals surface area contributed by atoms with Crippen LogP contribution >= 0.6 is 0 Å². The van der Waals surface area contributed by atoms with Crippen molar-refractivity contribution >= 4 is 41.5 Å². The molecule has 0 bridgehead atoms. The molecule has 4 atom stereocenters. The Hall–Kier alpha value is -4.49. The van der Waals surface area contributed by atoms with Crippen LogP contribution in [0.3, 0.4) is 0 Å². The van der Waals surface area contributed by atoms with Crippen LogP contribution in [0.1, 0.15) is 91.2 Å². The fraction of sp³-hybridized carbons (Fsp3) is 0.618. The number of ether oxygens (including phenoxy) is 1. The molecule has 0 unspecified atom stereocenters. The second kappa shape index (κ2) is 20.0. The van der Waals surface area contributed by atoms with Gasteiger partial charge in [-0.1, -0.05) is 84.2 Å². The van der Waals surface area contributed by atoms with Crippen LogP contribution in [0.2, 0.25) is 0 Å². The summed E-state index contributed by atoms with van der Waals surface area (Å²) in [6.45, 7) is 8.79. The Labute approximate surface area is 281 Å². The highest BCUT2D eigenvalue weighted by Crippen LogP contribution is 2.28. The number of nitrogens with one attached hydrogen (secondary N) is 5. The third-order valence-electron chi connectivity index (χ3n) is 7.84. The largest absolute Gasteiger partial charge is 0.479 e. The van der Waals surface area contributed by atoms with E-state index < -0.39 is 72.2 Å². The molecule has 14 nitrogen and oxygen atoms in total. The average Bonchev–Trinajstić information content (AvgIpc) is 3.57. The van der Waals surface area contributed by atoms with E-state index in [4.69, 9.17) is 4.74 Å². The molecule has 0 spiro atoms. The van der Waals surface area contributed by atoms with E-state index in [1.165, 1.54) is 12.1 Å². The Morgan fingerprint density at radius 3 is 2.02 bits per heavy atom. The van der Waals surface area contributed by atoms with Crippen molar-refractivity contribution in [3.05, 3.63) is 35.9 Å². The zero-order chi connectivity index (χ0) is 35.8. The summed E-state index contributed by atoms with van der Waals surface area (Å²) in [5.74, 6) is -5.54. The molecule has 0 radical (unpaired) electrons. The van der Waals surface area contributed by atoms with Crippen molar-refractivity contribution in [2.75, 3.05) is 13.2 Å². The van der Waals surface area contributed by atoms with E-state index in [2.05, 4.69) is 26.6 Å². The molecule has 0 aliphatic heterocycles. The van der Waals surface area contributed by atoms with E-state index in [1.54, 1.807) is 25.1 Å². The molecule has 5 amide bonds. The number of benzene rings is 1. The molecule has 0 aromatic heterocycles. The lowest BCUT2D eigenvalue weighted by atomic mass is 9.96. The van der Waals surface area contributed by atoms with Gasteiger partial charge in [0.1, 0.15) is 12.1 Å². The van der Waals surface area contributed by atoms with Gasteiger partial charge in [0, 0.05) is 0 Å². The van der Waals surface area contributed by atoms with Gasteiger partial charge in [-0.05, 0) is 49.0 Å². The molecule has 0 saturated heterocycles. The van der Waals surface area contributed by atoms with Gasteiger partial charge in [0.2, 0.25) is 23.5 Å². The van der Waals surface area contributed by atoms with E-state index in [1.807, 2.05) is 27.7 Å². The van der Waals surface area contributed by atoms with Crippen LogP contribution in [-0.2, 0) is 33.5 Å². The fourth-order valence-electron chi connectivity index (χ4n) is 5.44. The van der Waals surface area contributed by atoms with Crippen LogP contribution in [0.15, 0.2) is 30.3 Å². The number of carbonyl (C=O) groups excluding carboxylic acids is 6. The molecular weight excluding hydrogens is 622 g/mol. The van der Waals surface area contributed by atoms with Crippen molar-refractivity contribution in [1.29, 1.82) is 0 Å². The highest BCUT2D eigenvalue weighted by molar-refractivity contribution is 6.38. The van der Waals surface area contributed by atoms with Gasteiger partial charge in [0.25, 0.3) is 5.91 Å². The Balaban J connectivity index is 2.08. The summed E-state index contributed by atoms with van der Waals surface area (Å²) in [5, 5.41) is 22.1. The molecule has 1 saturated carbocycles. The number of aliphatic carboxylic acids is 1. The van der Waals surface area contributed by atoms with Gasteiger partial charge in [-0.15, -0.1) is 0 Å². The summed E-state index contributed by atoms with van der Waals surface area (Å²) >= 11 is 0. The number of hydrogen-bond acceptors (Lipinski definition) is 8. The second-order valence-corrected chi connectivity index (χ2v) is 13.0.